The Hall–Kier alpha value is -11.5. The van der Waals surface area contributed by atoms with Crippen molar-refractivity contribution >= 4 is 121 Å². The lowest BCUT2D eigenvalue weighted by Crippen LogP contribution is -2.18. The number of pyridine rings is 3. The Balaban J connectivity index is 0.000000143. The fourth-order valence-corrected chi connectivity index (χ4v) is 16.4. The minimum Gasteiger partial charge on any atom is -0.481 e. The highest BCUT2D eigenvalue weighted by atomic mass is 32.2. The van der Waals surface area contributed by atoms with Crippen molar-refractivity contribution < 1.29 is 68.5 Å². The number of hydrogen-bond acceptors (Lipinski definition) is 20. The standard InChI is InChI=1S/C26H19F2N3O4S2.C26H19F2N3O2S2.C17H13FN4OS.C8H7FO2S/c1-31-11-10-30-26(31)24-14-21-25(36-24)23(8-9-29-21)35-22-7-2-16(13-20(22)28)12-18(32)15-37(33,34)19-5-3-17(27)4-6-19;1-31-11-10-30-26(31)24-14-21-25(35-24)23(8-9-29-21)33-22-7-2-16(13-20(22)28)12-18(32)15-34-19-5-3-17(27)4-6-19;1-22-7-6-21-17(22)15-9-12-16(24-15)14(4-5-20-12)23-13-3-2-10(19)8-11(13)18;9-6-1-3-7(4-2-6)12-5-8(10)11/h2-11,13-14H,12,15H2,1H3;2-11,13-14H,12,15H2,1H3;2-9H,19H2,1H3;1-4H,5H2,(H,10,11). The van der Waals surface area contributed by atoms with E-state index in [1.807, 2.05) is 71.6 Å². The molecule has 0 radical (unpaired) electrons. The first kappa shape index (κ1) is 76.2. The van der Waals surface area contributed by atoms with Crippen molar-refractivity contribution in [1.29, 1.82) is 0 Å². The molecule has 0 bridgehead atoms. The number of ether oxygens (including phenoxy) is 3. The number of aryl methyl sites for hydroxylation is 3. The second kappa shape index (κ2) is 34.4. The van der Waals surface area contributed by atoms with Crippen molar-refractivity contribution in [1.82, 2.24) is 43.6 Å². The zero-order valence-electron chi connectivity index (χ0n) is 56.9. The number of halogens is 6. The molecule has 9 aromatic heterocycles. The number of fused-ring (bicyclic) bond motifs is 3. The summed E-state index contributed by atoms with van der Waals surface area (Å²) in [6, 6.07) is 39.7. The first-order chi connectivity index (χ1) is 51.9. The Labute approximate surface area is 632 Å². The minimum absolute atomic E-state index is 0.00559. The SMILES string of the molecule is Cn1ccnc1-c1cc2nccc(Oc3ccc(CC(=O)CS(=O)(=O)c4ccc(F)cc4)cc3F)c2s1.Cn1ccnc1-c1cc2nccc(Oc3ccc(CC(=O)CSc4ccc(F)cc4)cc3F)c2s1.Cn1ccnc1-c1cc2nccc(Oc3ccc(N)cc3F)c2s1.O=C(O)CSc1ccc(F)cc1. The van der Waals surface area contributed by atoms with Gasteiger partial charge < -0.3 is 38.8 Å². The summed E-state index contributed by atoms with van der Waals surface area (Å²) in [6.45, 7) is 0. The van der Waals surface area contributed by atoms with Gasteiger partial charge in [0.25, 0.3) is 0 Å². The molecule has 15 aromatic rings. The molecule has 0 aliphatic carbocycles. The number of carboxylic acid groups (broad SMARTS) is 1. The molecular weight excluding hydrogens is 1520 g/mol. The molecule has 31 heteroatoms. The number of aromatic nitrogens is 9. The van der Waals surface area contributed by atoms with E-state index in [9.17, 15) is 49.1 Å². The van der Waals surface area contributed by atoms with Gasteiger partial charge in [0.05, 0.1) is 61.7 Å². The Morgan fingerprint density at radius 1 is 0.435 bits per heavy atom. The number of carbonyl (C=O) groups excluding carboxylic acids is 2. The smallest absolute Gasteiger partial charge is 0.313 e. The number of rotatable bonds is 22. The second-order valence-electron chi connectivity index (χ2n) is 23.5. The van der Waals surface area contributed by atoms with Crippen LogP contribution >= 0.6 is 57.5 Å². The van der Waals surface area contributed by atoms with Crippen LogP contribution in [0.4, 0.5) is 32.0 Å². The molecule has 3 N–H and O–H groups in total. The molecule has 0 amide bonds. The van der Waals surface area contributed by atoms with Gasteiger partial charge in [-0.15, -0.1) is 57.5 Å². The van der Waals surface area contributed by atoms with E-state index in [2.05, 4.69) is 29.9 Å². The highest BCUT2D eigenvalue weighted by Crippen LogP contribution is 2.43. The number of Topliss-reactive ketones (excluding diaryl/α,β-unsaturated/α-hetero) is 2. The Morgan fingerprint density at radius 3 is 1.16 bits per heavy atom. The zero-order chi connectivity index (χ0) is 76.2. The molecule has 548 valence electrons. The number of nitrogens with two attached hydrogens (primary N) is 1. The van der Waals surface area contributed by atoms with Crippen LogP contribution in [0.5, 0.6) is 34.5 Å². The van der Waals surface area contributed by atoms with Crippen LogP contribution in [0, 0.1) is 34.9 Å². The summed E-state index contributed by atoms with van der Waals surface area (Å²) in [4.78, 5) is 65.3. The maximum Gasteiger partial charge on any atom is 0.313 e. The predicted molar refractivity (Wildman–Crippen MR) is 407 cm³/mol. The van der Waals surface area contributed by atoms with Crippen molar-refractivity contribution in [3.8, 4) is 66.6 Å². The summed E-state index contributed by atoms with van der Waals surface area (Å²) in [7, 11) is 1.80. The third-order valence-electron chi connectivity index (χ3n) is 15.6. The zero-order valence-corrected chi connectivity index (χ0v) is 61.8. The van der Waals surface area contributed by atoms with E-state index < -0.39 is 50.6 Å². The molecule has 0 spiro atoms. The molecule has 6 aromatic carbocycles. The van der Waals surface area contributed by atoms with E-state index in [1.54, 1.807) is 91.8 Å². The molecule has 0 aliphatic heterocycles. The normalized spacial score (nSPS) is 11.2. The monoisotopic (exact) mass is 1570 g/mol. The second-order valence-corrected chi connectivity index (χ2v) is 30.8. The molecule has 15 rings (SSSR count). The lowest BCUT2D eigenvalue weighted by Gasteiger charge is -2.09. The number of nitrogen functional groups attached to an aromatic ring is 1. The van der Waals surface area contributed by atoms with Gasteiger partial charge in [-0.25, -0.2) is 49.7 Å². The number of carbonyl (C=O) groups is 3. The van der Waals surface area contributed by atoms with Crippen molar-refractivity contribution in [3.05, 3.63) is 266 Å². The van der Waals surface area contributed by atoms with E-state index >= 15 is 0 Å². The molecule has 9 heterocycles. The van der Waals surface area contributed by atoms with Crippen LogP contribution in [0.25, 0.3) is 62.8 Å². The summed E-state index contributed by atoms with van der Waals surface area (Å²) >= 11 is 6.90. The topological polar surface area (TPSA) is 251 Å². The van der Waals surface area contributed by atoms with Gasteiger partial charge in [-0.2, -0.15) is 0 Å². The molecule has 0 saturated heterocycles. The van der Waals surface area contributed by atoms with E-state index in [0.717, 1.165) is 97.4 Å². The number of aliphatic carboxylic acids is 1. The highest BCUT2D eigenvalue weighted by molar-refractivity contribution is 8.00. The first-order valence-electron chi connectivity index (χ1n) is 32.2. The van der Waals surface area contributed by atoms with Crippen molar-refractivity contribution in [2.75, 3.05) is 23.0 Å². The number of hydrogen-bond donors (Lipinski definition) is 2. The number of benzene rings is 6. The van der Waals surface area contributed by atoms with Crippen molar-refractivity contribution in [2.45, 2.75) is 27.5 Å². The molecule has 0 aliphatic rings. The summed E-state index contributed by atoms with van der Waals surface area (Å²) in [5.41, 5.74) is 9.00. The maximum atomic E-state index is 14.9. The number of anilines is 1. The Bertz CT molecular complexity index is 5880. The first-order valence-corrected chi connectivity index (χ1v) is 38.3. The number of thiophene rings is 3. The quantitative estimate of drug-likeness (QED) is 0.0277. The van der Waals surface area contributed by atoms with Crippen LogP contribution in [0.1, 0.15) is 11.1 Å². The minimum atomic E-state index is -3.94. The lowest BCUT2D eigenvalue weighted by atomic mass is 10.1. The van der Waals surface area contributed by atoms with Crippen LogP contribution < -0.4 is 19.9 Å². The molecule has 0 fully saturated rings. The molecular formula is C77H58F6N10O9S6. The van der Waals surface area contributed by atoms with E-state index in [1.165, 1.54) is 118 Å². The van der Waals surface area contributed by atoms with E-state index in [0.29, 0.717) is 39.6 Å². The van der Waals surface area contributed by atoms with Crippen LogP contribution in [0.3, 0.4) is 0 Å². The van der Waals surface area contributed by atoms with Gasteiger partial charge in [0.1, 0.15) is 63.7 Å². The van der Waals surface area contributed by atoms with Crippen LogP contribution in [0.15, 0.2) is 234 Å². The van der Waals surface area contributed by atoms with Crippen LogP contribution in [0.2, 0.25) is 0 Å². The third-order valence-corrected chi connectivity index (χ3v) is 22.7. The van der Waals surface area contributed by atoms with Gasteiger partial charge in [-0.05, 0) is 139 Å². The van der Waals surface area contributed by atoms with Crippen LogP contribution in [-0.4, -0.2) is 91.9 Å². The van der Waals surface area contributed by atoms with Crippen molar-refractivity contribution in [3.63, 3.8) is 0 Å². The summed E-state index contributed by atoms with van der Waals surface area (Å²) in [6.07, 6.45) is 15.4. The lowest BCUT2D eigenvalue weighted by molar-refractivity contribution is -0.134. The Morgan fingerprint density at radius 2 is 0.796 bits per heavy atom. The van der Waals surface area contributed by atoms with Gasteiger partial charge in [0.2, 0.25) is 0 Å². The average Bonchev–Trinajstić information content (AvgIpc) is 1.66. The summed E-state index contributed by atoms with van der Waals surface area (Å²) < 4.78 is 133. The maximum absolute atomic E-state index is 14.9. The Kier molecular flexibility index (Phi) is 24.3. The average molecular weight is 1570 g/mol. The van der Waals surface area contributed by atoms with Crippen LogP contribution in [-0.2, 0) is 58.2 Å². The number of thioether (sulfide) groups is 2. The van der Waals surface area contributed by atoms with Gasteiger partial charge in [0.15, 0.2) is 50.3 Å². The van der Waals surface area contributed by atoms with E-state index in [-0.39, 0.29) is 63.9 Å². The fraction of sp³-hybridized carbons (Fsp3) is 0.104. The van der Waals surface area contributed by atoms with Crippen molar-refractivity contribution in [2.24, 2.45) is 21.1 Å². The molecule has 108 heavy (non-hydrogen) atoms. The van der Waals surface area contributed by atoms with Gasteiger partial charge in [0, 0.05) is 130 Å². The molecule has 19 nitrogen and oxygen atoms in total. The third kappa shape index (κ3) is 19.4. The van der Waals surface area contributed by atoms with Gasteiger partial charge in [-0.3, -0.25) is 29.3 Å². The number of nitrogens with zero attached hydrogens (tertiary/aromatic N) is 9. The summed E-state index contributed by atoms with van der Waals surface area (Å²) in [5, 5.41) is 8.33. The molecule has 0 saturated carbocycles. The van der Waals surface area contributed by atoms with Gasteiger partial charge >= 0.3 is 5.97 Å². The number of carboxylic acids is 1. The molecule has 0 atom stereocenters. The summed E-state index contributed by atoms with van der Waals surface area (Å²) in [5.74, 6) is -0.984. The fourth-order valence-electron chi connectivity index (χ4n) is 10.4. The molecule has 0 unspecified atom stereocenters. The number of sulfone groups is 1. The number of imidazole rings is 3. The van der Waals surface area contributed by atoms with Gasteiger partial charge in [-0.1, -0.05) is 12.1 Å². The number of ketones is 2. The largest absolute Gasteiger partial charge is 0.481 e. The highest BCUT2D eigenvalue weighted by Gasteiger charge is 2.23. The predicted octanol–water partition coefficient (Wildman–Crippen LogP) is 18.2. The van der Waals surface area contributed by atoms with E-state index in [4.69, 9.17) is 25.1 Å².